The molecule has 1 aromatic rings. The molecular weight excluding hydrogens is 360 g/mol. The summed E-state index contributed by atoms with van der Waals surface area (Å²) < 4.78 is 5.70. The first-order valence-electron chi connectivity index (χ1n) is 12.1. The lowest BCUT2D eigenvalue weighted by Gasteiger charge is -2.50. The van der Waals surface area contributed by atoms with Gasteiger partial charge in [-0.2, -0.15) is 0 Å². The summed E-state index contributed by atoms with van der Waals surface area (Å²) in [6.07, 6.45) is 13.4. The van der Waals surface area contributed by atoms with Gasteiger partial charge in [0.1, 0.15) is 5.75 Å². The van der Waals surface area contributed by atoms with Crippen molar-refractivity contribution < 1.29 is 14.6 Å². The van der Waals surface area contributed by atoms with Crippen LogP contribution in [-0.2, 0) is 11.2 Å². The number of benzene rings is 1. The molecule has 1 N–H and O–H groups in total. The molecule has 0 spiro atoms. The van der Waals surface area contributed by atoms with Crippen molar-refractivity contribution in [2.45, 2.75) is 96.0 Å². The molecule has 0 aliphatic heterocycles. The Morgan fingerprint density at radius 3 is 2.79 bits per heavy atom. The van der Waals surface area contributed by atoms with E-state index in [1.54, 1.807) is 0 Å². The van der Waals surface area contributed by atoms with Crippen LogP contribution in [0.1, 0.15) is 94.6 Å². The van der Waals surface area contributed by atoms with Crippen LogP contribution in [0.15, 0.2) is 18.2 Å². The van der Waals surface area contributed by atoms with E-state index in [0.29, 0.717) is 24.2 Å². The lowest BCUT2D eigenvalue weighted by atomic mass is 9.55. The summed E-state index contributed by atoms with van der Waals surface area (Å²) in [7, 11) is 0. The highest BCUT2D eigenvalue weighted by atomic mass is 16.5. The molecule has 4 aliphatic rings. The Hall–Kier alpha value is -1.35. The average molecular weight is 397 g/mol. The number of carbonyl (C=O) groups excluding carboxylic acids is 1. The molecule has 29 heavy (non-hydrogen) atoms. The van der Waals surface area contributed by atoms with Crippen LogP contribution in [0.5, 0.6) is 5.75 Å². The number of hydrogen-bond acceptors (Lipinski definition) is 3. The van der Waals surface area contributed by atoms with Crippen LogP contribution in [-0.4, -0.2) is 17.2 Å². The Labute approximate surface area is 175 Å². The lowest BCUT2D eigenvalue weighted by Crippen LogP contribution is -2.43. The minimum absolute atomic E-state index is 0.0705. The van der Waals surface area contributed by atoms with Crippen molar-refractivity contribution >= 4 is 5.97 Å². The van der Waals surface area contributed by atoms with Crippen LogP contribution in [0.4, 0.5) is 0 Å². The molecule has 0 heterocycles. The molecule has 0 bridgehead atoms. The minimum atomic E-state index is -0.110. The summed E-state index contributed by atoms with van der Waals surface area (Å²) in [5.74, 6) is 3.38. The third kappa shape index (κ3) is 3.54. The number of esters is 1. The van der Waals surface area contributed by atoms with Crippen LogP contribution < -0.4 is 4.74 Å². The molecule has 4 aliphatic carbocycles. The van der Waals surface area contributed by atoms with E-state index in [1.165, 1.54) is 56.1 Å². The maximum absolute atomic E-state index is 12.3. The summed E-state index contributed by atoms with van der Waals surface area (Å²) >= 11 is 0. The highest BCUT2D eigenvalue weighted by molar-refractivity contribution is 5.72. The van der Waals surface area contributed by atoms with Gasteiger partial charge < -0.3 is 9.84 Å². The molecule has 1 aromatic carbocycles. The number of rotatable bonds is 4. The zero-order valence-electron chi connectivity index (χ0n) is 17.9. The van der Waals surface area contributed by atoms with Gasteiger partial charge in [-0.05, 0) is 97.3 Å². The zero-order valence-corrected chi connectivity index (χ0v) is 17.9. The van der Waals surface area contributed by atoms with Gasteiger partial charge in [0, 0.05) is 6.42 Å². The van der Waals surface area contributed by atoms with Gasteiger partial charge in [-0.15, -0.1) is 0 Å². The molecule has 3 nitrogen and oxygen atoms in total. The molecule has 0 aromatic heterocycles. The number of hydrogen-bond donors (Lipinski definition) is 1. The first-order valence-corrected chi connectivity index (χ1v) is 12.1. The van der Waals surface area contributed by atoms with E-state index in [4.69, 9.17) is 4.74 Å². The summed E-state index contributed by atoms with van der Waals surface area (Å²) in [4.78, 5) is 12.3. The fourth-order valence-electron chi connectivity index (χ4n) is 7.40. The third-order valence-electron chi connectivity index (χ3n) is 9.11. The maximum Gasteiger partial charge on any atom is 0.311 e. The second-order valence-corrected chi connectivity index (χ2v) is 10.6. The molecule has 0 radical (unpaired) electrons. The molecule has 3 saturated carbocycles. The normalized spacial score (nSPS) is 36.3. The zero-order chi connectivity index (χ0) is 20.0. The summed E-state index contributed by atoms with van der Waals surface area (Å²) in [5.41, 5.74) is 3.00. The van der Waals surface area contributed by atoms with Gasteiger partial charge in [0.25, 0.3) is 0 Å². The van der Waals surface area contributed by atoms with E-state index in [-0.39, 0.29) is 17.5 Å². The van der Waals surface area contributed by atoms with Crippen molar-refractivity contribution in [1.82, 2.24) is 0 Å². The second kappa shape index (κ2) is 7.72. The van der Waals surface area contributed by atoms with Gasteiger partial charge >= 0.3 is 5.97 Å². The molecule has 3 fully saturated rings. The van der Waals surface area contributed by atoms with Gasteiger partial charge in [0.2, 0.25) is 0 Å². The average Bonchev–Trinajstić information content (AvgIpc) is 3.34. The number of aliphatic hydroxyl groups is 1. The van der Waals surface area contributed by atoms with Gasteiger partial charge in [-0.1, -0.05) is 38.7 Å². The first-order chi connectivity index (χ1) is 14.0. The van der Waals surface area contributed by atoms with E-state index in [0.717, 1.165) is 37.4 Å². The molecular formula is C26H36O3. The number of aryl methyl sites for hydroxylation is 1. The van der Waals surface area contributed by atoms with Gasteiger partial charge in [-0.3, -0.25) is 4.79 Å². The van der Waals surface area contributed by atoms with E-state index in [9.17, 15) is 9.90 Å². The Balaban J connectivity index is 1.25. The number of aliphatic hydroxyl groups excluding tert-OH is 1. The molecule has 1 unspecified atom stereocenters. The van der Waals surface area contributed by atoms with Crippen molar-refractivity contribution in [1.29, 1.82) is 0 Å². The first kappa shape index (κ1) is 19.6. The summed E-state index contributed by atoms with van der Waals surface area (Å²) in [5, 5.41) is 10.6. The number of fused-ring (bicyclic) bond motifs is 5. The maximum atomic E-state index is 12.3. The van der Waals surface area contributed by atoms with Crippen molar-refractivity contribution in [3.05, 3.63) is 29.3 Å². The van der Waals surface area contributed by atoms with Crippen LogP contribution in [0.2, 0.25) is 0 Å². The van der Waals surface area contributed by atoms with E-state index in [1.807, 2.05) is 6.07 Å². The Kier molecular flexibility index (Phi) is 5.22. The lowest BCUT2D eigenvalue weighted by molar-refractivity contribution is -0.134. The van der Waals surface area contributed by atoms with Gasteiger partial charge in [-0.25, -0.2) is 0 Å². The van der Waals surface area contributed by atoms with E-state index in [2.05, 4.69) is 19.1 Å². The van der Waals surface area contributed by atoms with Crippen LogP contribution in [0.3, 0.4) is 0 Å². The van der Waals surface area contributed by atoms with Crippen LogP contribution in [0.25, 0.3) is 0 Å². The smallest absolute Gasteiger partial charge is 0.311 e. The molecule has 5 rings (SSSR count). The van der Waals surface area contributed by atoms with Crippen LogP contribution in [0, 0.1) is 23.2 Å². The highest BCUT2D eigenvalue weighted by Gasteiger charge is 2.54. The Morgan fingerprint density at radius 2 is 1.97 bits per heavy atom. The number of carbonyl (C=O) groups is 1. The van der Waals surface area contributed by atoms with E-state index < -0.39 is 0 Å². The standard InChI is InChI=1S/C26H36O3/c1-26-15-14-21-20-10-8-19(29-25(28)13-6-17-4-2-3-5-17)16-18(20)7-9-22(21)23(26)11-12-24(26)27/h8,10,16-17,21-24,27H,2-7,9,11-15H2,1H3/t21-,22-,23+,24?,26+/m1/s1. The Bertz CT molecular complexity index is 765. The second-order valence-electron chi connectivity index (χ2n) is 10.6. The SMILES string of the molecule is C[C@]12CC[C@@H]3c4ccc(OC(=O)CCC5CCCC5)cc4CC[C@H]3[C@@H]1CCC2O. The third-order valence-corrected chi connectivity index (χ3v) is 9.11. The van der Waals surface area contributed by atoms with Crippen molar-refractivity contribution in [2.75, 3.05) is 0 Å². The predicted molar refractivity (Wildman–Crippen MR) is 114 cm³/mol. The monoisotopic (exact) mass is 396 g/mol. The Morgan fingerprint density at radius 1 is 1.14 bits per heavy atom. The van der Waals surface area contributed by atoms with Gasteiger partial charge in [0.05, 0.1) is 6.10 Å². The molecule has 0 amide bonds. The van der Waals surface area contributed by atoms with Crippen molar-refractivity contribution in [3.63, 3.8) is 0 Å². The fourth-order valence-corrected chi connectivity index (χ4v) is 7.40. The quantitative estimate of drug-likeness (QED) is 0.518. The summed E-state index contributed by atoms with van der Waals surface area (Å²) in [6, 6.07) is 6.39. The fraction of sp³-hybridized carbons (Fsp3) is 0.731. The molecule has 158 valence electrons. The van der Waals surface area contributed by atoms with E-state index >= 15 is 0 Å². The summed E-state index contributed by atoms with van der Waals surface area (Å²) in [6.45, 7) is 2.33. The molecule has 5 atom stereocenters. The van der Waals surface area contributed by atoms with Crippen molar-refractivity contribution in [2.24, 2.45) is 23.2 Å². The molecule has 0 saturated heterocycles. The van der Waals surface area contributed by atoms with Gasteiger partial charge in [0.15, 0.2) is 0 Å². The minimum Gasteiger partial charge on any atom is -0.427 e. The predicted octanol–water partition coefficient (Wildman–Crippen LogP) is 5.78. The number of ether oxygens (including phenoxy) is 1. The highest BCUT2D eigenvalue weighted by Crippen LogP contribution is 2.60. The topological polar surface area (TPSA) is 46.5 Å². The largest absolute Gasteiger partial charge is 0.427 e. The molecule has 3 heteroatoms. The van der Waals surface area contributed by atoms with Crippen LogP contribution >= 0.6 is 0 Å². The van der Waals surface area contributed by atoms with Crippen molar-refractivity contribution in [3.8, 4) is 5.75 Å².